The van der Waals surface area contributed by atoms with Gasteiger partial charge in [-0.1, -0.05) is 36.5 Å². The van der Waals surface area contributed by atoms with Gasteiger partial charge in [-0.25, -0.2) is 4.99 Å². The van der Waals surface area contributed by atoms with Crippen LogP contribution in [0.25, 0.3) is 0 Å². The number of amidine groups is 1. The minimum Gasteiger partial charge on any atom is -0.396 e. The van der Waals surface area contributed by atoms with Crippen LogP contribution in [-0.2, 0) is 6.42 Å². The number of hydrogen-bond acceptors (Lipinski definition) is 4. The van der Waals surface area contributed by atoms with E-state index in [0.717, 1.165) is 35.5 Å². The van der Waals surface area contributed by atoms with Gasteiger partial charge in [0, 0.05) is 29.5 Å². The second-order valence-electron chi connectivity index (χ2n) is 5.78. The Morgan fingerprint density at radius 2 is 2.30 bits per heavy atom. The number of nitrogens with zero attached hydrogens (tertiary/aromatic N) is 1. The maximum absolute atomic E-state index is 9.24. The van der Waals surface area contributed by atoms with E-state index in [9.17, 15) is 5.11 Å². The van der Waals surface area contributed by atoms with Gasteiger partial charge >= 0.3 is 0 Å². The highest BCUT2D eigenvalue weighted by molar-refractivity contribution is 7.81. The predicted octanol–water partition coefficient (Wildman–Crippen LogP) is 2.50. The Kier molecular flexibility index (Phi) is 5.00. The van der Waals surface area contributed by atoms with Gasteiger partial charge in [-0.05, 0) is 42.6 Å². The number of aliphatic imine (C=N–C) groups is 1. The van der Waals surface area contributed by atoms with Gasteiger partial charge in [0.15, 0.2) is 0 Å². The van der Waals surface area contributed by atoms with Crippen molar-refractivity contribution in [3.8, 4) is 0 Å². The van der Waals surface area contributed by atoms with E-state index in [0.29, 0.717) is 12.3 Å². The Hall–Kier alpha value is -1.82. The Morgan fingerprint density at radius 3 is 3.09 bits per heavy atom. The van der Waals surface area contributed by atoms with Crippen LogP contribution in [0.3, 0.4) is 0 Å². The van der Waals surface area contributed by atoms with Crippen molar-refractivity contribution in [2.45, 2.75) is 25.3 Å². The zero-order valence-corrected chi connectivity index (χ0v) is 13.8. The van der Waals surface area contributed by atoms with Gasteiger partial charge in [0.05, 0.1) is 5.69 Å². The maximum Gasteiger partial charge on any atom is 0.132 e. The Bertz CT molecular complexity index is 706. The summed E-state index contributed by atoms with van der Waals surface area (Å²) in [5.74, 6) is 0.460. The molecular formula is C18H21N3OS. The van der Waals surface area contributed by atoms with Crippen molar-refractivity contribution in [1.82, 2.24) is 5.32 Å². The van der Waals surface area contributed by atoms with Crippen LogP contribution >= 0.6 is 12.2 Å². The minimum absolute atomic E-state index is 0.167. The number of hydrogen-bond donors (Lipinski definition) is 3. The number of fused-ring (bicyclic) bond motifs is 1. The molecule has 0 aromatic heterocycles. The first-order valence-corrected chi connectivity index (χ1v) is 8.31. The fourth-order valence-electron chi connectivity index (χ4n) is 3.05. The fraction of sp³-hybridized carbons (Fsp3) is 0.333. The number of thiocarbonyl (C=S) groups is 1. The lowest BCUT2D eigenvalue weighted by molar-refractivity contribution is 0.263. The van der Waals surface area contributed by atoms with Crippen molar-refractivity contribution in [3.05, 3.63) is 53.1 Å². The van der Waals surface area contributed by atoms with Crippen LogP contribution in [0.2, 0.25) is 0 Å². The number of nitrogens with one attached hydrogen (secondary N) is 1. The normalized spacial score (nSPS) is 21.1. The molecule has 1 heterocycles. The molecule has 3 rings (SSSR count). The quantitative estimate of drug-likeness (QED) is 0.451. The highest BCUT2D eigenvalue weighted by atomic mass is 32.1. The molecule has 1 atom stereocenters. The summed E-state index contributed by atoms with van der Waals surface area (Å²) in [7, 11) is 0. The Balaban J connectivity index is 1.90. The van der Waals surface area contributed by atoms with Crippen molar-refractivity contribution in [3.63, 3.8) is 0 Å². The molecule has 0 saturated carbocycles. The van der Waals surface area contributed by atoms with Crippen LogP contribution in [-0.4, -0.2) is 29.0 Å². The number of nitrogens with two attached hydrogens (primary N) is 1. The number of aliphatic hydroxyl groups is 1. The lowest BCUT2D eigenvalue weighted by Crippen LogP contribution is -2.30. The van der Waals surface area contributed by atoms with Crippen LogP contribution < -0.4 is 11.1 Å². The molecular weight excluding hydrogens is 306 g/mol. The van der Waals surface area contributed by atoms with Gasteiger partial charge in [-0.3, -0.25) is 0 Å². The SMILES string of the molecule is NC(=Nc1ccc2c(c1)C(CCO)NCC2)C1=CC=CCC1=S. The van der Waals surface area contributed by atoms with Crippen LogP contribution in [0.1, 0.15) is 30.0 Å². The summed E-state index contributed by atoms with van der Waals surface area (Å²) in [6, 6.07) is 6.35. The molecule has 2 aliphatic rings. The molecule has 4 N–H and O–H groups in total. The standard InChI is InChI=1S/C18H21N3OS/c19-18(14-3-1-2-4-17(14)23)21-13-6-5-12-7-9-20-16(8-10-22)15(12)11-13/h1-3,5-6,11,16,20,22H,4,7-10H2,(H2,19,21). The molecule has 1 aliphatic carbocycles. The molecule has 0 spiro atoms. The molecule has 23 heavy (non-hydrogen) atoms. The number of benzene rings is 1. The van der Waals surface area contributed by atoms with E-state index in [2.05, 4.69) is 22.4 Å². The Labute approximate surface area is 141 Å². The lowest BCUT2D eigenvalue weighted by Gasteiger charge is -2.26. The van der Waals surface area contributed by atoms with Gasteiger partial charge in [0.2, 0.25) is 0 Å². The van der Waals surface area contributed by atoms with Gasteiger partial charge in [0.1, 0.15) is 5.84 Å². The van der Waals surface area contributed by atoms with Crippen LogP contribution in [0, 0.1) is 0 Å². The van der Waals surface area contributed by atoms with Crippen LogP contribution in [0.4, 0.5) is 5.69 Å². The van der Waals surface area contributed by atoms with E-state index in [1.807, 2.05) is 24.3 Å². The second kappa shape index (κ2) is 7.17. The molecule has 1 aromatic carbocycles. The first-order chi connectivity index (χ1) is 11.2. The van der Waals surface area contributed by atoms with E-state index >= 15 is 0 Å². The molecule has 0 bridgehead atoms. The van der Waals surface area contributed by atoms with Crippen molar-refractivity contribution in [2.75, 3.05) is 13.2 Å². The van der Waals surface area contributed by atoms with E-state index in [1.54, 1.807) is 0 Å². The summed E-state index contributed by atoms with van der Waals surface area (Å²) in [4.78, 5) is 5.38. The summed E-state index contributed by atoms with van der Waals surface area (Å²) in [6.07, 6.45) is 8.33. The first-order valence-electron chi connectivity index (χ1n) is 7.90. The molecule has 0 fully saturated rings. The van der Waals surface area contributed by atoms with E-state index < -0.39 is 0 Å². The smallest absolute Gasteiger partial charge is 0.132 e. The third kappa shape index (κ3) is 3.58. The number of rotatable bonds is 4. The zero-order valence-electron chi connectivity index (χ0n) is 13.0. The first kappa shape index (κ1) is 16.1. The Morgan fingerprint density at radius 1 is 1.43 bits per heavy atom. The summed E-state index contributed by atoms with van der Waals surface area (Å²) >= 11 is 5.35. The molecule has 1 aromatic rings. The monoisotopic (exact) mass is 327 g/mol. The summed E-state index contributed by atoms with van der Waals surface area (Å²) in [6.45, 7) is 1.11. The van der Waals surface area contributed by atoms with Crippen molar-refractivity contribution in [1.29, 1.82) is 0 Å². The largest absolute Gasteiger partial charge is 0.396 e. The van der Waals surface area contributed by atoms with E-state index in [1.165, 1.54) is 11.1 Å². The maximum atomic E-state index is 9.24. The van der Waals surface area contributed by atoms with Crippen molar-refractivity contribution < 1.29 is 5.11 Å². The topological polar surface area (TPSA) is 70.6 Å². The zero-order chi connectivity index (χ0) is 16.2. The molecule has 1 unspecified atom stereocenters. The predicted molar refractivity (Wildman–Crippen MR) is 98.3 cm³/mol. The van der Waals surface area contributed by atoms with Gasteiger partial charge < -0.3 is 16.2 Å². The fourth-order valence-corrected chi connectivity index (χ4v) is 3.32. The molecule has 0 amide bonds. The van der Waals surface area contributed by atoms with Crippen LogP contribution in [0.15, 0.2) is 47.0 Å². The third-order valence-electron chi connectivity index (χ3n) is 4.24. The molecule has 4 nitrogen and oxygen atoms in total. The second-order valence-corrected chi connectivity index (χ2v) is 6.28. The van der Waals surface area contributed by atoms with Crippen molar-refractivity contribution >= 4 is 28.6 Å². The molecule has 0 radical (unpaired) electrons. The van der Waals surface area contributed by atoms with E-state index in [4.69, 9.17) is 18.0 Å². The van der Waals surface area contributed by atoms with E-state index in [-0.39, 0.29) is 12.6 Å². The number of aliphatic hydroxyl groups excluding tert-OH is 1. The third-order valence-corrected chi connectivity index (χ3v) is 4.62. The summed E-state index contributed by atoms with van der Waals surface area (Å²) < 4.78 is 0. The molecule has 5 heteroatoms. The van der Waals surface area contributed by atoms with Gasteiger partial charge in [-0.2, -0.15) is 0 Å². The summed E-state index contributed by atoms with van der Waals surface area (Å²) in [5.41, 5.74) is 10.3. The van der Waals surface area contributed by atoms with Crippen molar-refractivity contribution in [2.24, 2.45) is 10.7 Å². The lowest BCUT2D eigenvalue weighted by atomic mass is 9.92. The minimum atomic E-state index is 0.167. The molecule has 1 aliphatic heterocycles. The highest BCUT2D eigenvalue weighted by Gasteiger charge is 2.19. The summed E-state index contributed by atoms with van der Waals surface area (Å²) in [5, 5.41) is 12.7. The highest BCUT2D eigenvalue weighted by Crippen LogP contribution is 2.29. The average molecular weight is 327 g/mol. The molecule has 120 valence electrons. The van der Waals surface area contributed by atoms with Gasteiger partial charge in [0.25, 0.3) is 0 Å². The van der Waals surface area contributed by atoms with Crippen LogP contribution in [0.5, 0.6) is 0 Å². The molecule has 0 saturated heterocycles. The average Bonchev–Trinajstić information content (AvgIpc) is 2.56. The number of allylic oxidation sites excluding steroid dienone is 3. The van der Waals surface area contributed by atoms with Gasteiger partial charge in [-0.15, -0.1) is 0 Å².